The van der Waals surface area contributed by atoms with Gasteiger partial charge in [-0.1, -0.05) is 6.58 Å². The van der Waals surface area contributed by atoms with Gasteiger partial charge in [-0.2, -0.15) is 0 Å². The fourth-order valence-electron chi connectivity index (χ4n) is 0.792. The zero-order chi connectivity index (χ0) is 8.10. The SMILES string of the molecule is C=CCO[n+]1ccccc1C. The van der Waals surface area contributed by atoms with Gasteiger partial charge in [0, 0.05) is 23.8 Å². The highest BCUT2D eigenvalue weighted by molar-refractivity contribution is 4.93. The zero-order valence-corrected chi connectivity index (χ0v) is 6.66. The number of rotatable bonds is 3. The van der Waals surface area contributed by atoms with E-state index in [2.05, 4.69) is 6.58 Å². The van der Waals surface area contributed by atoms with Crippen LogP contribution in [0.2, 0.25) is 0 Å². The highest BCUT2D eigenvalue weighted by Crippen LogP contribution is 1.84. The molecule has 0 bridgehead atoms. The molecule has 0 aliphatic rings. The van der Waals surface area contributed by atoms with Crippen molar-refractivity contribution < 1.29 is 9.57 Å². The minimum atomic E-state index is 0.537. The largest absolute Gasteiger partial charge is 0.267 e. The molecule has 11 heavy (non-hydrogen) atoms. The standard InChI is InChI=1S/C9H12NO/c1-3-8-11-10-7-5-4-6-9(10)2/h3-7H,1,8H2,2H3/q+1. The van der Waals surface area contributed by atoms with E-state index in [1.807, 2.05) is 31.3 Å². The van der Waals surface area contributed by atoms with Gasteiger partial charge in [0.1, 0.15) is 0 Å². The lowest BCUT2D eigenvalue weighted by atomic mass is 10.4. The Hall–Kier alpha value is -1.31. The van der Waals surface area contributed by atoms with Gasteiger partial charge >= 0.3 is 0 Å². The summed E-state index contributed by atoms with van der Waals surface area (Å²) in [5, 5.41) is 0. The van der Waals surface area contributed by atoms with Crippen LogP contribution in [0.1, 0.15) is 5.69 Å². The summed E-state index contributed by atoms with van der Waals surface area (Å²) in [5.41, 5.74) is 1.08. The van der Waals surface area contributed by atoms with Gasteiger partial charge < -0.3 is 0 Å². The second kappa shape index (κ2) is 3.76. The van der Waals surface area contributed by atoms with Crippen molar-refractivity contribution >= 4 is 0 Å². The molecule has 1 aromatic rings. The Morgan fingerprint density at radius 2 is 2.45 bits per heavy atom. The van der Waals surface area contributed by atoms with Gasteiger partial charge in [0.2, 0.25) is 11.9 Å². The average molecular weight is 150 g/mol. The molecule has 0 aromatic carbocycles. The Morgan fingerprint density at radius 3 is 3.09 bits per heavy atom. The summed E-state index contributed by atoms with van der Waals surface area (Å²) in [6.07, 6.45) is 3.60. The predicted octanol–water partition coefficient (Wildman–Crippen LogP) is 0.897. The van der Waals surface area contributed by atoms with E-state index in [9.17, 15) is 0 Å². The molecular weight excluding hydrogens is 138 g/mol. The first kappa shape index (κ1) is 7.79. The van der Waals surface area contributed by atoms with Gasteiger partial charge in [0.25, 0.3) is 0 Å². The van der Waals surface area contributed by atoms with E-state index in [1.165, 1.54) is 0 Å². The van der Waals surface area contributed by atoms with Crippen LogP contribution >= 0.6 is 0 Å². The summed E-state index contributed by atoms with van der Waals surface area (Å²) < 4.78 is 1.72. The van der Waals surface area contributed by atoms with Crippen LogP contribution in [0.15, 0.2) is 37.1 Å². The first-order valence-corrected chi connectivity index (χ1v) is 3.56. The Balaban J connectivity index is 2.69. The molecule has 0 unspecified atom stereocenters. The average Bonchev–Trinajstić information content (AvgIpc) is 2.03. The molecule has 1 heterocycles. The molecule has 0 saturated carbocycles. The molecule has 0 atom stereocenters. The number of hydrogen-bond acceptors (Lipinski definition) is 1. The smallest absolute Gasteiger partial charge is 0.231 e. The molecule has 0 saturated heterocycles. The summed E-state index contributed by atoms with van der Waals surface area (Å²) in [5.74, 6) is 0. The Morgan fingerprint density at radius 1 is 1.64 bits per heavy atom. The quantitative estimate of drug-likeness (QED) is 0.461. The third-order valence-electron chi connectivity index (χ3n) is 1.35. The molecule has 1 aromatic heterocycles. The van der Waals surface area contributed by atoms with Crippen molar-refractivity contribution in [3.63, 3.8) is 0 Å². The van der Waals surface area contributed by atoms with Gasteiger partial charge in [-0.25, -0.2) is 0 Å². The van der Waals surface area contributed by atoms with Crippen molar-refractivity contribution in [3.8, 4) is 0 Å². The van der Waals surface area contributed by atoms with Crippen molar-refractivity contribution in [1.82, 2.24) is 0 Å². The molecule has 0 spiro atoms. The van der Waals surface area contributed by atoms with Gasteiger partial charge in [0.15, 0.2) is 6.61 Å². The van der Waals surface area contributed by atoms with Crippen LogP contribution in [0, 0.1) is 6.92 Å². The van der Waals surface area contributed by atoms with Crippen molar-refractivity contribution in [2.24, 2.45) is 0 Å². The fourth-order valence-corrected chi connectivity index (χ4v) is 0.792. The number of aryl methyl sites for hydroxylation is 1. The minimum absolute atomic E-state index is 0.537. The third-order valence-corrected chi connectivity index (χ3v) is 1.35. The molecule has 2 nitrogen and oxygen atoms in total. The molecule has 0 N–H and O–H groups in total. The summed E-state index contributed by atoms with van der Waals surface area (Å²) >= 11 is 0. The summed E-state index contributed by atoms with van der Waals surface area (Å²) in [7, 11) is 0. The Bertz CT molecular complexity index is 245. The maximum atomic E-state index is 5.28. The lowest BCUT2D eigenvalue weighted by Gasteiger charge is -1.95. The van der Waals surface area contributed by atoms with Crippen molar-refractivity contribution in [1.29, 1.82) is 0 Å². The topological polar surface area (TPSA) is 13.1 Å². The van der Waals surface area contributed by atoms with E-state index < -0.39 is 0 Å². The number of aromatic nitrogens is 1. The molecular formula is C9H12NO+. The van der Waals surface area contributed by atoms with Crippen LogP contribution in [-0.4, -0.2) is 6.61 Å². The maximum Gasteiger partial charge on any atom is 0.231 e. The minimum Gasteiger partial charge on any atom is -0.267 e. The number of pyridine rings is 1. The monoisotopic (exact) mass is 150 g/mol. The maximum absolute atomic E-state index is 5.28. The highest BCUT2D eigenvalue weighted by atomic mass is 16.7. The van der Waals surface area contributed by atoms with E-state index in [1.54, 1.807) is 10.8 Å². The van der Waals surface area contributed by atoms with Crippen LogP contribution in [-0.2, 0) is 0 Å². The normalized spacial score (nSPS) is 9.18. The molecule has 0 aliphatic carbocycles. The summed E-state index contributed by atoms with van der Waals surface area (Å²) in [6, 6.07) is 5.89. The van der Waals surface area contributed by atoms with Crippen molar-refractivity contribution in [2.75, 3.05) is 6.61 Å². The van der Waals surface area contributed by atoms with Gasteiger partial charge in [-0.05, 0) is 12.1 Å². The Kier molecular flexibility index (Phi) is 2.66. The molecule has 0 aliphatic heterocycles. The zero-order valence-electron chi connectivity index (χ0n) is 6.66. The fraction of sp³-hybridized carbons (Fsp3) is 0.222. The predicted molar refractivity (Wildman–Crippen MR) is 43.0 cm³/mol. The first-order chi connectivity index (χ1) is 5.34. The van der Waals surface area contributed by atoms with Crippen LogP contribution in [0.4, 0.5) is 0 Å². The van der Waals surface area contributed by atoms with E-state index in [4.69, 9.17) is 4.84 Å². The summed E-state index contributed by atoms with van der Waals surface area (Å²) in [4.78, 5) is 5.28. The lowest BCUT2D eigenvalue weighted by molar-refractivity contribution is -0.893. The molecule has 0 amide bonds. The first-order valence-electron chi connectivity index (χ1n) is 3.56. The molecule has 58 valence electrons. The van der Waals surface area contributed by atoms with E-state index >= 15 is 0 Å². The number of nitrogens with zero attached hydrogens (tertiary/aromatic N) is 1. The molecule has 0 fully saturated rings. The van der Waals surface area contributed by atoms with E-state index in [-0.39, 0.29) is 0 Å². The van der Waals surface area contributed by atoms with Crippen LogP contribution < -0.4 is 9.57 Å². The second-order valence-corrected chi connectivity index (χ2v) is 2.25. The number of hydrogen-bond donors (Lipinski definition) is 0. The lowest BCUT2D eigenvalue weighted by Crippen LogP contribution is -2.44. The van der Waals surface area contributed by atoms with Crippen LogP contribution in [0.5, 0.6) is 0 Å². The van der Waals surface area contributed by atoms with Crippen molar-refractivity contribution in [2.45, 2.75) is 6.92 Å². The second-order valence-electron chi connectivity index (χ2n) is 2.25. The third kappa shape index (κ3) is 2.08. The van der Waals surface area contributed by atoms with Gasteiger partial charge in [-0.15, -0.1) is 0 Å². The van der Waals surface area contributed by atoms with Crippen LogP contribution in [0.3, 0.4) is 0 Å². The van der Waals surface area contributed by atoms with Gasteiger partial charge in [-0.3, -0.25) is 4.84 Å². The highest BCUT2D eigenvalue weighted by Gasteiger charge is 2.02. The molecule has 2 heteroatoms. The summed E-state index contributed by atoms with van der Waals surface area (Å²) in [6.45, 7) is 6.09. The van der Waals surface area contributed by atoms with E-state index in [0.717, 1.165) is 5.69 Å². The molecule has 0 radical (unpaired) electrons. The van der Waals surface area contributed by atoms with Crippen molar-refractivity contribution in [3.05, 3.63) is 42.7 Å². The Labute approximate surface area is 66.7 Å². The molecule has 1 rings (SSSR count). The van der Waals surface area contributed by atoms with Crippen LogP contribution in [0.25, 0.3) is 0 Å². The van der Waals surface area contributed by atoms with Gasteiger partial charge in [0.05, 0.1) is 0 Å². The van der Waals surface area contributed by atoms with E-state index in [0.29, 0.717) is 6.61 Å².